The van der Waals surface area contributed by atoms with Crippen LogP contribution in [-0.2, 0) is 0 Å². The number of rotatable bonds is 2. The minimum absolute atomic E-state index is 0.323. The molecule has 0 aliphatic carbocycles. The van der Waals surface area contributed by atoms with Gasteiger partial charge in [-0.25, -0.2) is 0 Å². The van der Waals surface area contributed by atoms with Gasteiger partial charge in [-0.05, 0) is 25.7 Å². The fraction of sp³-hybridized carbons (Fsp3) is 0.429. The Kier molecular flexibility index (Phi) is 2.18. The van der Waals surface area contributed by atoms with Crippen molar-refractivity contribution in [3.8, 4) is 5.48 Å². The molecule has 0 saturated heterocycles. The predicted molar refractivity (Wildman–Crippen MR) is 41.7 cm³/mol. The molecule has 1 nitrogen and oxygen atoms in total. The van der Waals surface area contributed by atoms with Crippen LogP contribution in [0.3, 0.4) is 0 Å². The zero-order chi connectivity index (χ0) is 6.69. The molecule has 1 aromatic rings. The van der Waals surface area contributed by atoms with Crippen molar-refractivity contribution in [3.05, 3.63) is 17.9 Å². The summed E-state index contributed by atoms with van der Waals surface area (Å²) in [5.74, 6) is 2.12. The van der Waals surface area contributed by atoms with E-state index in [0.717, 1.165) is 13.7 Å². The van der Waals surface area contributed by atoms with E-state index in [1.807, 2.05) is 26.0 Å². The summed E-state index contributed by atoms with van der Waals surface area (Å²) in [7, 11) is 0.751. The summed E-state index contributed by atoms with van der Waals surface area (Å²) in [6.45, 7) is 4.09. The molecule has 1 rings (SSSR count). The molecule has 1 atom stereocenters. The van der Waals surface area contributed by atoms with Crippen LogP contribution in [0, 0.1) is 0 Å². The second-order valence-corrected chi connectivity index (χ2v) is 3.32. The maximum atomic E-state index is 5.42. The first-order valence-corrected chi connectivity index (χ1v) is 4.17. The highest BCUT2D eigenvalue weighted by molar-refractivity contribution is 7.31. The van der Waals surface area contributed by atoms with E-state index in [0.29, 0.717) is 6.10 Å². The van der Waals surface area contributed by atoms with Crippen LogP contribution >= 0.6 is 8.19 Å². The van der Waals surface area contributed by atoms with Gasteiger partial charge in [0.15, 0.2) is 0 Å². The second kappa shape index (κ2) is 2.93. The van der Waals surface area contributed by atoms with Gasteiger partial charge in [0, 0.05) is 0 Å². The predicted octanol–water partition coefficient (Wildman–Crippen LogP) is 2.51. The molecule has 0 aliphatic heterocycles. The Morgan fingerprint density at radius 1 is 1.56 bits per heavy atom. The van der Waals surface area contributed by atoms with Crippen LogP contribution in [-0.4, -0.2) is 6.10 Å². The van der Waals surface area contributed by atoms with Crippen molar-refractivity contribution in [2.75, 3.05) is 0 Å². The van der Waals surface area contributed by atoms with E-state index in [2.05, 4.69) is 5.80 Å². The zero-order valence-corrected chi connectivity index (χ0v) is 6.72. The summed E-state index contributed by atoms with van der Waals surface area (Å²) in [5, 5.41) is 0. The quantitative estimate of drug-likeness (QED) is 0.616. The van der Waals surface area contributed by atoms with Crippen LogP contribution in [0.5, 0.6) is 5.48 Å². The molecule has 2 heteroatoms. The molecule has 0 aliphatic rings. The molecule has 9 heavy (non-hydrogen) atoms. The number of hydrogen-bond acceptors (Lipinski definition) is 1. The van der Waals surface area contributed by atoms with E-state index in [9.17, 15) is 0 Å². The first kappa shape index (κ1) is 6.70. The highest BCUT2D eigenvalue weighted by Crippen LogP contribution is 2.24. The van der Waals surface area contributed by atoms with Gasteiger partial charge in [-0.3, -0.25) is 0 Å². The van der Waals surface area contributed by atoms with Gasteiger partial charge in [-0.2, -0.15) is 0 Å². The molecule has 1 unspecified atom stereocenters. The lowest BCUT2D eigenvalue weighted by molar-refractivity contribution is 0.250. The minimum atomic E-state index is 0.323. The largest absolute Gasteiger partial charge is 0.487 e. The van der Waals surface area contributed by atoms with Crippen molar-refractivity contribution >= 4 is 8.19 Å². The normalized spacial score (nSPS) is 11.0. The van der Waals surface area contributed by atoms with Crippen LogP contribution in [0.25, 0.3) is 0 Å². The number of hydrogen-bond donors (Lipinski definition) is 0. The van der Waals surface area contributed by atoms with Gasteiger partial charge in [0.1, 0.15) is 5.48 Å². The zero-order valence-electron chi connectivity index (χ0n) is 5.72. The molecule has 0 fully saturated rings. The average Bonchev–Trinajstić information content (AvgIpc) is 2.15. The van der Waals surface area contributed by atoms with Crippen LogP contribution in [0.4, 0.5) is 0 Å². The maximum Gasteiger partial charge on any atom is 0.134 e. The van der Waals surface area contributed by atoms with E-state index in [1.165, 1.54) is 0 Å². The van der Waals surface area contributed by atoms with Crippen molar-refractivity contribution in [1.82, 2.24) is 0 Å². The highest BCUT2D eigenvalue weighted by Gasteiger charge is 1.93. The Labute approximate surface area is 57.1 Å². The molecule has 50 valence electrons. The van der Waals surface area contributed by atoms with Crippen molar-refractivity contribution in [2.24, 2.45) is 0 Å². The van der Waals surface area contributed by atoms with Crippen LogP contribution < -0.4 is 4.74 Å². The second-order valence-electron chi connectivity index (χ2n) is 2.20. The van der Waals surface area contributed by atoms with Crippen LogP contribution in [0.1, 0.15) is 13.8 Å². The summed E-state index contributed by atoms with van der Waals surface area (Å²) in [5.41, 5.74) is 1.12. The SMILES string of the molecule is CC(C)Oc1ccc[pH]1. The highest BCUT2D eigenvalue weighted by atomic mass is 31.0. The maximum absolute atomic E-state index is 5.42. The molecule has 0 amide bonds. The summed E-state index contributed by atoms with van der Waals surface area (Å²) in [6, 6.07) is 4.06. The molecule has 0 bridgehead atoms. The molecular weight excluding hydrogens is 131 g/mol. The lowest BCUT2D eigenvalue weighted by Crippen LogP contribution is -2.03. The smallest absolute Gasteiger partial charge is 0.134 e. The van der Waals surface area contributed by atoms with Gasteiger partial charge < -0.3 is 4.74 Å². The minimum Gasteiger partial charge on any atom is -0.487 e. The summed E-state index contributed by atoms with van der Waals surface area (Å²) >= 11 is 0. The van der Waals surface area contributed by atoms with Crippen molar-refractivity contribution in [1.29, 1.82) is 0 Å². The summed E-state index contributed by atoms with van der Waals surface area (Å²) in [6.07, 6.45) is 0.323. The van der Waals surface area contributed by atoms with Gasteiger partial charge in [0.25, 0.3) is 0 Å². The third kappa shape index (κ3) is 2.11. The van der Waals surface area contributed by atoms with E-state index in [4.69, 9.17) is 4.74 Å². The molecule has 0 saturated carbocycles. The summed E-state index contributed by atoms with van der Waals surface area (Å²) in [4.78, 5) is 0. The van der Waals surface area contributed by atoms with Gasteiger partial charge in [0.2, 0.25) is 0 Å². The van der Waals surface area contributed by atoms with Gasteiger partial charge >= 0.3 is 0 Å². The Morgan fingerprint density at radius 2 is 2.33 bits per heavy atom. The van der Waals surface area contributed by atoms with Gasteiger partial charge in [0.05, 0.1) is 6.10 Å². The topological polar surface area (TPSA) is 9.23 Å². The molecule has 1 aromatic heterocycles. The van der Waals surface area contributed by atoms with E-state index in [-0.39, 0.29) is 0 Å². The third-order valence-corrected chi connectivity index (χ3v) is 1.86. The molecule has 1 heterocycles. The van der Waals surface area contributed by atoms with Crippen LogP contribution in [0.15, 0.2) is 17.9 Å². The van der Waals surface area contributed by atoms with E-state index >= 15 is 0 Å². The van der Waals surface area contributed by atoms with Crippen molar-refractivity contribution < 1.29 is 4.74 Å². The first-order valence-electron chi connectivity index (χ1n) is 3.09. The van der Waals surface area contributed by atoms with Crippen LogP contribution in [0.2, 0.25) is 0 Å². The molecule has 0 N–H and O–H groups in total. The Bertz CT molecular complexity index is 155. The van der Waals surface area contributed by atoms with Crippen molar-refractivity contribution in [3.63, 3.8) is 0 Å². The lowest BCUT2D eigenvalue weighted by Gasteiger charge is -2.05. The molecule has 0 aromatic carbocycles. The van der Waals surface area contributed by atoms with E-state index in [1.54, 1.807) is 0 Å². The Morgan fingerprint density at radius 3 is 2.78 bits per heavy atom. The average molecular weight is 142 g/mol. The summed E-state index contributed by atoms with van der Waals surface area (Å²) < 4.78 is 5.42. The standard InChI is InChI=1S/C7H11OP/c1-6(2)8-7-4-3-5-9-7/h3-6,9H,1-2H3. The lowest BCUT2D eigenvalue weighted by atomic mass is 10.5. The Balaban J connectivity index is 2.48. The number of ether oxygens (including phenoxy) is 1. The first-order chi connectivity index (χ1) is 4.29. The molecule has 0 spiro atoms. The van der Waals surface area contributed by atoms with Gasteiger partial charge in [-0.15, -0.1) is 0 Å². The van der Waals surface area contributed by atoms with Gasteiger partial charge in [-0.1, -0.05) is 14.3 Å². The molecular formula is C7H11OP. The Hall–Kier alpha value is -0.420. The van der Waals surface area contributed by atoms with E-state index < -0.39 is 0 Å². The third-order valence-electron chi connectivity index (χ3n) is 0.932. The molecule has 0 radical (unpaired) electrons. The fourth-order valence-corrected chi connectivity index (χ4v) is 1.49. The monoisotopic (exact) mass is 142 g/mol. The fourth-order valence-electron chi connectivity index (χ4n) is 0.641. The van der Waals surface area contributed by atoms with Crippen molar-refractivity contribution in [2.45, 2.75) is 20.0 Å².